The van der Waals surface area contributed by atoms with E-state index in [1.54, 1.807) is 11.8 Å². The van der Waals surface area contributed by atoms with Gasteiger partial charge in [-0.2, -0.15) is 0 Å². The minimum Gasteiger partial charge on any atom is -0.340 e. The molecule has 0 saturated carbocycles. The fraction of sp³-hybridized carbons (Fsp3) is 0.118. The largest absolute Gasteiger partial charge is 0.340 e. The van der Waals surface area contributed by atoms with Crippen molar-refractivity contribution in [3.63, 3.8) is 0 Å². The van der Waals surface area contributed by atoms with Gasteiger partial charge in [0.05, 0.1) is 15.7 Å². The minimum atomic E-state index is -0.136. The van der Waals surface area contributed by atoms with Gasteiger partial charge in [0, 0.05) is 11.9 Å². The molecule has 1 unspecified atom stereocenters. The summed E-state index contributed by atoms with van der Waals surface area (Å²) in [5, 5.41) is 4.52. The molecular weight excluding hydrogens is 349 g/mol. The zero-order valence-corrected chi connectivity index (χ0v) is 14.7. The third-order valence-electron chi connectivity index (χ3n) is 3.33. The molecule has 0 aromatic heterocycles. The Labute approximate surface area is 150 Å². The van der Waals surface area contributed by atoms with Crippen molar-refractivity contribution in [2.75, 3.05) is 16.5 Å². The van der Waals surface area contributed by atoms with E-state index in [4.69, 9.17) is 28.2 Å². The second-order valence-electron chi connectivity index (χ2n) is 4.86. The molecule has 3 rings (SSSR count). The molecule has 2 aromatic carbocycles. The Balaban J connectivity index is 1.86. The average molecular weight is 364 g/mol. The molecule has 0 radical (unpaired) electrons. The first kappa shape index (κ1) is 16.2. The zero-order valence-electron chi connectivity index (χ0n) is 12.4. The third-order valence-corrected chi connectivity index (χ3v) is 4.70. The minimum absolute atomic E-state index is 0.136. The number of nitrogens with zero attached hydrogens (tertiary/aromatic N) is 2. The van der Waals surface area contributed by atoms with Crippen LogP contribution in [-0.2, 0) is 0 Å². The van der Waals surface area contributed by atoms with Gasteiger partial charge in [0.2, 0.25) is 0 Å². The van der Waals surface area contributed by atoms with E-state index in [9.17, 15) is 0 Å². The van der Waals surface area contributed by atoms with Crippen LogP contribution in [0.25, 0.3) is 0 Å². The summed E-state index contributed by atoms with van der Waals surface area (Å²) >= 11 is 14.2. The molecule has 1 atom stereocenters. The number of hydrogen-bond acceptors (Lipinski definition) is 4. The smallest absolute Gasteiger partial charge is 0.174 e. The van der Waals surface area contributed by atoms with Gasteiger partial charge in [-0.1, -0.05) is 47.5 Å². The van der Waals surface area contributed by atoms with Crippen LogP contribution in [0.2, 0.25) is 10.0 Å². The van der Waals surface area contributed by atoms with E-state index in [0.717, 1.165) is 17.2 Å². The molecule has 1 heterocycles. The van der Waals surface area contributed by atoms with Crippen molar-refractivity contribution in [2.45, 2.75) is 5.50 Å². The van der Waals surface area contributed by atoms with Gasteiger partial charge >= 0.3 is 0 Å². The van der Waals surface area contributed by atoms with Gasteiger partial charge < -0.3 is 10.2 Å². The van der Waals surface area contributed by atoms with Gasteiger partial charge in [-0.15, -0.1) is 11.8 Å². The number of anilines is 2. The van der Waals surface area contributed by atoms with Gasteiger partial charge in [0.25, 0.3) is 0 Å². The summed E-state index contributed by atoms with van der Waals surface area (Å²) in [4.78, 5) is 6.70. The van der Waals surface area contributed by atoms with Crippen LogP contribution in [-0.4, -0.2) is 17.6 Å². The van der Waals surface area contributed by atoms with E-state index in [-0.39, 0.29) is 5.50 Å². The van der Waals surface area contributed by atoms with Crippen molar-refractivity contribution in [2.24, 2.45) is 4.99 Å². The summed E-state index contributed by atoms with van der Waals surface area (Å²) in [7, 11) is 0. The summed E-state index contributed by atoms with van der Waals surface area (Å²) in [6, 6.07) is 15.4. The highest BCUT2D eigenvalue weighted by Gasteiger charge is 2.23. The number of benzene rings is 2. The lowest BCUT2D eigenvalue weighted by molar-refractivity contribution is 0.901. The van der Waals surface area contributed by atoms with Gasteiger partial charge in [0.15, 0.2) is 5.50 Å². The highest BCUT2D eigenvalue weighted by atomic mass is 35.5. The predicted octanol–water partition coefficient (Wildman–Crippen LogP) is 5.48. The van der Waals surface area contributed by atoms with E-state index >= 15 is 0 Å². The first-order valence-electron chi connectivity index (χ1n) is 7.02. The van der Waals surface area contributed by atoms with Crippen molar-refractivity contribution in [1.82, 2.24) is 0 Å². The first-order chi connectivity index (χ1) is 11.2. The molecule has 0 fully saturated rings. The number of aliphatic imine (C=N–C) groups is 1. The number of halogens is 2. The number of rotatable bonds is 3. The molecule has 0 saturated heterocycles. The maximum Gasteiger partial charge on any atom is 0.174 e. The predicted molar refractivity (Wildman–Crippen MR) is 103 cm³/mol. The van der Waals surface area contributed by atoms with Crippen LogP contribution in [0.4, 0.5) is 11.4 Å². The molecule has 118 valence electrons. The Morgan fingerprint density at radius 3 is 2.39 bits per heavy atom. The molecule has 0 amide bonds. The van der Waals surface area contributed by atoms with E-state index in [0.29, 0.717) is 10.0 Å². The summed E-state index contributed by atoms with van der Waals surface area (Å²) in [6.45, 7) is 0. The van der Waals surface area contributed by atoms with Gasteiger partial charge in [-0.25, -0.2) is 4.99 Å². The molecule has 6 heteroatoms. The molecule has 1 aliphatic heterocycles. The fourth-order valence-electron chi connectivity index (χ4n) is 2.28. The summed E-state index contributed by atoms with van der Waals surface area (Å²) < 4.78 is 0. The van der Waals surface area contributed by atoms with Crippen LogP contribution in [0, 0.1) is 0 Å². The van der Waals surface area contributed by atoms with E-state index in [2.05, 4.69) is 5.32 Å². The van der Waals surface area contributed by atoms with Crippen LogP contribution in [0.5, 0.6) is 0 Å². The number of thioether (sulfide) groups is 1. The monoisotopic (exact) mass is 363 g/mol. The third kappa shape index (κ3) is 3.66. The molecule has 3 nitrogen and oxygen atoms in total. The van der Waals surface area contributed by atoms with Crippen LogP contribution < -0.4 is 10.2 Å². The lowest BCUT2D eigenvalue weighted by Gasteiger charge is -2.31. The van der Waals surface area contributed by atoms with Gasteiger partial charge in [0.1, 0.15) is 5.84 Å². The van der Waals surface area contributed by atoms with Gasteiger partial charge in [-0.3, -0.25) is 0 Å². The molecule has 1 N–H and O–H groups in total. The van der Waals surface area contributed by atoms with Crippen LogP contribution >= 0.6 is 35.0 Å². The molecule has 0 spiro atoms. The Hall–Kier alpha value is -1.62. The second-order valence-corrected chi connectivity index (χ2v) is 6.57. The second kappa shape index (κ2) is 7.30. The Kier molecular flexibility index (Phi) is 5.16. The van der Waals surface area contributed by atoms with Crippen LogP contribution in [0.15, 0.2) is 65.8 Å². The van der Waals surface area contributed by atoms with Crippen LogP contribution in [0.1, 0.15) is 0 Å². The maximum absolute atomic E-state index is 6.32. The topological polar surface area (TPSA) is 27.6 Å². The summed E-state index contributed by atoms with van der Waals surface area (Å²) in [5.74, 6) is 0.801. The van der Waals surface area contributed by atoms with Crippen molar-refractivity contribution in [3.05, 3.63) is 70.9 Å². The first-order valence-corrected chi connectivity index (χ1v) is 9.06. The normalized spacial score (nSPS) is 17.1. The fourth-order valence-corrected chi connectivity index (χ4v) is 3.49. The lowest BCUT2D eigenvalue weighted by atomic mass is 10.3. The van der Waals surface area contributed by atoms with E-state index in [1.165, 1.54) is 0 Å². The molecule has 0 aliphatic carbocycles. The Morgan fingerprint density at radius 1 is 1.04 bits per heavy atom. The Morgan fingerprint density at radius 2 is 1.74 bits per heavy atom. The molecule has 1 aliphatic rings. The quantitative estimate of drug-likeness (QED) is 0.781. The molecule has 23 heavy (non-hydrogen) atoms. The van der Waals surface area contributed by atoms with Crippen molar-refractivity contribution < 1.29 is 0 Å². The summed E-state index contributed by atoms with van der Waals surface area (Å²) in [6.07, 6.45) is 5.87. The summed E-state index contributed by atoms with van der Waals surface area (Å²) in [5.41, 5.74) is 1.64. The van der Waals surface area contributed by atoms with Crippen LogP contribution in [0.3, 0.4) is 0 Å². The highest BCUT2D eigenvalue weighted by Crippen LogP contribution is 2.37. The number of nitrogens with one attached hydrogen (secondary N) is 1. The number of amidine groups is 1. The highest BCUT2D eigenvalue weighted by molar-refractivity contribution is 7.99. The number of hydrogen-bond donors (Lipinski definition) is 1. The van der Waals surface area contributed by atoms with E-state index in [1.807, 2.05) is 72.0 Å². The van der Waals surface area contributed by atoms with Crippen molar-refractivity contribution in [3.8, 4) is 0 Å². The molecule has 0 bridgehead atoms. The van der Waals surface area contributed by atoms with Crippen molar-refractivity contribution in [1.29, 1.82) is 0 Å². The van der Waals surface area contributed by atoms with Crippen molar-refractivity contribution >= 4 is 52.2 Å². The lowest BCUT2D eigenvalue weighted by Crippen LogP contribution is -2.32. The average Bonchev–Trinajstić information content (AvgIpc) is 2.56. The SMILES string of the molecule is CSC1N=C(Nc2ccccc2)C=CN1c1c(Cl)cccc1Cl. The molecular formula is C17H15Cl2N3S. The zero-order chi connectivity index (χ0) is 16.2. The standard InChI is InChI=1S/C17H15Cl2N3S/c1-23-17-21-15(20-12-6-3-2-4-7-12)10-11-22(17)16-13(18)8-5-9-14(16)19/h2-11,17H,1H3,(H,20,21). The van der Waals surface area contributed by atoms with E-state index < -0.39 is 0 Å². The maximum atomic E-state index is 6.32. The molecule has 2 aromatic rings. The number of para-hydroxylation sites is 2. The Bertz CT molecular complexity index is 727. The van der Waals surface area contributed by atoms with Gasteiger partial charge in [-0.05, 0) is 36.6 Å².